The quantitative estimate of drug-likeness (QED) is 0.621. The summed E-state index contributed by atoms with van der Waals surface area (Å²) in [5, 5.41) is 6.81. The predicted octanol–water partition coefficient (Wildman–Crippen LogP) is 2.27. The van der Waals surface area contributed by atoms with E-state index in [1.807, 2.05) is 6.07 Å². The maximum Gasteiger partial charge on any atom is 0.221 e. The molecule has 1 aliphatic carbocycles. The minimum absolute atomic E-state index is 0.147. The number of amides is 1. The Kier molecular flexibility index (Phi) is 5.61. The van der Waals surface area contributed by atoms with Gasteiger partial charge < -0.3 is 10.6 Å². The second-order valence-corrected chi connectivity index (χ2v) is 5.35. The van der Waals surface area contributed by atoms with Crippen LogP contribution in [0.3, 0.4) is 0 Å². The number of rotatable bonds is 6. The fourth-order valence-electron chi connectivity index (χ4n) is 2.32. The molecular formula is C14H20ClN3O. The predicted molar refractivity (Wildman–Crippen MR) is 76.0 cm³/mol. The van der Waals surface area contributed by atoms with Crippen LogP contribution >= 0.6 is 11.6 Å². The molecule has 1 aromatic heterocycles. The molecule has 104 valence electrons. The van der Waals surface area contributed by atoms with Gasteiger partial charge in [-0.3, -0.25) is 4.79 Å². The molecule has 4 nitrogen and oxygen atoms in total. The highest BCUT2D eigenvalue weighted by atomic mass is 35.5. The first-order chi connectivity index (χ1) is 9.24. The highest BCUT2D eigenvalue weighted by Gasteiger charge is 2.16. The molecule has 2 N–H and O–H groups in total. The van der Waals surface area contributed by atoms with E-state index in [9.17, 15) is 4.79 Å². The Bertz CT molecular complexity index is 402. The molecule has 1 heterocycles. The molecule has 0 unspecified atom stereocenters. The van der Waals surface area contributed by atoms with Crippen LogP contribution in [-0.2, 0) is 11.3 Å². The van der Waals surface area contributed by atoms with Crippen LogP contribution in [0.25, 0.3) is 0 Å². The van der Waals surface area contributed by atoms with Crippen molar-refractivity contribution in [2.24, 2.45) is 0 Å². The average Bonchev–Trinajstić information content (AvgIpc) is 2.89. The molecule has 1 amide bonds. The van der Waals surface area contributed by atoms with Crippen molar-refractivity contribution in [3.8, 4) is 0 Å². The Morgan fingerprint density at radius 1 is 1.37 bits per heavy atom. The number of hydrogen-bond donors (Lipinski definition) is 2. The molecule has 1 aliphatic rings. The van der Waals surface area contributed by atoms with Crippen LogP contribution in [0, 0.1) is 0 Å². The van der Waals surface area contributed by atoms with E-state index in [1.54, 1.807) is 12.3 Å². The Morgan fingerprint density at radius 2 is 2.16 bits per heavy atom. The topological polar surface area (TPSA) is 54.0 Å². The lowest BCUT2D eigenvalue weighted by Crippen LogP contribution is -2.34. The van der Waals surface area contributed by atoms with E-state index in [0.29, 0.717) is 30.7 Å². The highest BCUT2D eigenvalue weighted by Crippen LogP contribution is 2.17. The summed E-state index contributed by atoms with van der Waals surface area (Å²) in [6.07, 6.45) is 7.02. The third-order valence-electron chi connectivity index (χ3n) is 3.37. The normalized spacial score (nSPS) is 15.6. The lowest BCUT2D eigenvalue weighted by Gasteiger charge is -2.12. The van der Waals surface area contributed by atoms with Gasteiger partial charge in [-0.2, -0.15) is 0 Å². The SMILES string of the molecule is O=C(CCNCc1ccc(Cl)nc1)NC1CCCC1. The first kappa shape index (κ1) is 14.3. The highest BCUT2D eigenvalue weighted by molar-refractivity contribution is 6.29. The van der Waals surface area contributed by atoms with Crippen molar-refractivity contribution in [1.29, 1.82) is 0 Å². The van der Waals surface area contributed by atoms with Crippen molar-refractivity contribution < 1.29 is 4.79 Å². The van der Waals surface area contributed by atoms with Crippen molar-refractivity contribution >= 4 is 17.5 Å². The zero-order valence-electron chi connectivity index (χ0n) is 11.0. The van der Waals surface area contributed by atoms with E-state index < -0.39 is 0 Å². The summed E-state index contributed by atoms with van der Waals surface area (Å²) in [5.41, 5.74) is 1.07. The summed E-state index contributed by atoms with van der Waals surface area (Å²) in [6, 6.07) is 4.11. The summed E-state index contributed by atoms with van der Waals surface area (Å²) in [6.45, 7) is 1.39. The van der Waals surface area contributed by atoms with Crippen LogP contribution in [0.1, 0.15) is 37.7 Å². The van der Waals surface area contributed by atoms with Crippen molar-refractivity contribution in [2.45, 2.75) is 44.7 Å². The summed E-state index contributed by atoms with van der Waals surface area (Å²) in [7, 11) is 0. The zero-order chi connectivity index (χ0) is 13.5. The Morgan fingerprint density at radius 3 is 2.84 bits per heavy atom. The Balaban J connectivity index is 1.58. The summed E-state index contributed by atoms with van der Waals surface area (Å²) < 4.78 is 0. The van der Waals surface area contributed by atoms with Gasteiger partial charge in [0.1, 0.15) is 5.15 Å². The van der Waals surface area contributed by atoms with Gasteiger partial charge in [0.15, 0.2) is 0 Å². The van der Waals surface area contributed by atoms with Gasteiger partial charge in [-0.05, 0) is 24.5 Å². The summed E-state index contributed by atoms with van der Waals surface area (Å²) in [4.78, 5) is 15.7. The molecule has 1 aromatic rings. The van der Waals surface area contributed by atoms with E-state index in [-0.39, 0.29) is 5.91 Å². The lowest BCUT2D eigenvalue weighted by atomic mass is 10.2. The molecule has 0 radical (unpaired) electrons. The van der Waals surface area contributed by atoms with Crippen LogP contribution in [0.2, 0.25) is 5.15 Å². The first-order valence-electron chi connectivity index (χ1n) is 6.84. The third-order valence-corrected chi connectivity index (χ3v) is 3.59. The molecule has 1 saturated carbocycles. The standard InChI is InChI=1S/C14H20ClN3O/c15-13-6-5-11(10-17-13)9-16-8-7-14(19)18-12-3-1-2-4-12/h5-6,10,12,16H,1-4,7-9H2,(H,18,19). The van der Waals surface area contributed by atoms with E-state index >= 15 is 0 Å². The van der Waals surface area contributed by atoms with Crippen LogP contribution in [0.4, 0.5) is 0 Å². The van der Waals surface area contributed by atoms with Crippen LogP contribution in [-0.4, -0.2) is 23.5 Å². The van der Waals surface area contributed by atoms with Gasteiger partial charge in [0, 0.05) is 31.7 Å². The maximum atomic E-state index is 11.7. The van der Waals surface area contributed by atoms with E-state index in [2.05, 4.69) is 15.6 Å². The van der Waals surface area contributed by atoms with Gasteiger partial charge in [-0.1, -0.05) is 30.5 Å². The Hall–Kier alpha value is -1.13. The minimum Gasteiger partial charge on any atom is -0.353 e. The number of halogens is 1. The molecule has 0 aliphatic heterocycles. The molecule has 0 atom stereocenters. The molecule has 19 heavy (non-hydrogen) atoms. The lowest BCUT2D eigenvalue weighted by molar-refractivity contribution is -0.121. The van der Waals surface area contributed by atoms with Gasteiger partial charge in [0.2, 0.25) is 5.91 Å². The summed E-state index contributed by atoms with van der Waals surface area (Å²) in [5.74, 6) is 0.147. The molecule has 0 bridgehead atoms. The second kappa shape index (κ2) is 7.46. The van der Waals surface area contributed by atoms with E-state index in [1.165, 1.54) is 12.8 Å². The van der Waals surface area contributed by atoms with Crippen LogP contribution in [0.5, 0.6) is 0 Å². The number of carbonyl (C=O) groups excluding carboxylic acids is 1. The van der Waals surface area contributed by atoms with E-state index in [4.69, 9.17) is 11.6 Å². The second-order valence-electron chi connectivity index (χ2n) is 4.96. The summed E-state index contributed by atoms with van der Waals surface area (Å²) >= 11 is 5.71. The third kappa shape index (κ3) is 5.17. The largest absolute Gasteiger partial charge is 0.353 e. The monoisotopic (exact) mass is 281 g/mol. The van der Waals surface area contributed by atoms with Crippen LogP contribution in [0.15, 0.2) is 18.3 Å². The van der Waals surface area contributed by atoms with Crippen molar-refractivity contribution in [2.75, 3.05) is 6.54 Å². The van der Waals surface area contributed by atoms with Gasteiger partial charge >= 0.3 is 0 Å². The van der Waals surface area contributed by atoms with Gasteiger partial charge in [0.05, 0.1) is 0 Å². The van der Waals surface area contributed by atoms with Crippen molar-refractivity contribution in [1.82, 2.24) is 15.6 Å². The van der Waals surface area contributed by atoms with Crippen molar-refractivity contribution in [3.63, 3.8) is 0 Å². The minimum atomic E-state index is 0.147. The van der Waals surface area contributed by atoms with Crippen LogP contribution < -0.4 is 10.6 Å². The maximum absolute atomic E-state index is 11.7. The number of pyridine rings is 1. The first-order valence-corrected chi connectivity index (χ1v) is 7.22. The Labute approximate surface area is 118 Å². The van der Waals surface area contributed by atoms with Gasteiger partial charge in [-0.15, -0.1) is 0 Å². The van der Waals surface area contributed by atoms with E-state index in [0.717, 1.165) is 18.4 Å². The molecule has 0 spiro atoms. The molecule has 5 heteroatoms. The molecule has 2 rings (SSSR count). The fourth-order valence-corrected chi connectivity index (χ4v) is 2.43. The number of aromatic nitrogens is 1. The molecule has 0 saturated heterocycles. The van der Waals surface area contributed by atoms with Crippen molar-refractivity contribution in [3.05, 3.63) is 29.0 Å². The number of carbonyl (C=O) groups is 1. The number of nitrogens with one attached hydrogen (secondary N) is 2. The van der Waals surface area contributed by atoms with Gasteiger partial charge in [-0.25, -0.2) is 4.98 Å². The average molecular weight is 282 g/mol. The van der Waals surface area contributed by atoms with Gasteiger partial charge in [0.25, 0.3) is 0 Å². The molecular weight excluding hydrogens is 262 g/mol. The molecule has 0 aromatic carbocycles. The molecule has 1 fully saturated rings. The number of nitrogens with zero attached hydrogens (tertiary/aromatic N) is 1. The number of hydrogen-bond acceptors (Lipinski definition) is 3. The fraction of sp³-hybridized carbons (Fsp3) is 0.571. The smallest absolute Gasteiger partial charge is 0.221 e. The zero-order valence-corrected chi connectivity index (χ0v) is 11.7.